The Labute approximate surface area is 159 Å². The van der Waals surface area contributed by atoms with E-state index in [4.69, 9.17) is 0 Å². The largest absolute Gasteiger partial charge is 0.326 e. The summed E-state index contributed by atoms with van der Waals surface area (Å²) in [6.45, 7) is 0.258. The number of amides is 1. The number of nitrogens with one attached hydrogen (secondary N) is 1. The van der Waals surface area contributed by atoms with Crippen molar-refractivity contribution in [1.82, 2.24) is 0 Å². The van der Waals surface area contributed by atoms with E-state index in [1.807, 2.05) is 48.5 Å². The van der Waals surface area contributed by atoms with Crippen molar-refractivity contribution in [3.8, 4) is 0 Å². The molecule has 3 rings (SSSR count). The monoisotopic (exact) mass is 382 g/mol. The Bertz CT molecular complexity index is 1030. The van der Waals surface area contributed by atoms with Gasteiger partial charge < -0.3 is 5.32 Å². The highest BCUT2D eigenvalue weighted by atomic mass is 32.2. The summed E-state index contributed by atoms with van der Waals surface area (Å²) in [6, 6.07) is 22.6. The maximum Gasteiger partial charge on any atom is 0.232 e. The van der Waals surface area contributed by atoms with E-state index in [1.54, 1.807) is 24.3 Å². The first-order valence-electron chi connectivity index (χ1n) is 8.75. The van der Waals surface area contributed by atoms with E-state index in [-0.39, 0.29) is 18.9 Å². The number of nitrogens with zero attached hydrogens (tertiary/aromatic N) is 1. The standard InChI is InChI=1S/C21H22N2O3S/c1-27(25,26)23(20-10-3-2-4-11-20)15-7-12-21(24)22-19-14-13-17-8-5-6-9-18(17)16-19/h2-6,8-11,13-14,16H,7,12,15H2,1H3,(H,22,24). The van der Waals surface area contributed by atoms with Gasteiger partial charge in [-0.2, -0.15) is 0 Å². The Morgan fingerprint density at radius 1 is 0.926 bits per heavy atom. The number of sulfonamides is 1. The molecule has 0 saturated heterocycles. The fraction of sp³-hybridized carbons (Fsp3) is 0.190. The zero-order valence-electron chi connectivity index (χ0n) is 15.1. The van der Waals surface area contributed by atoms with E-state index in [0.29, 0.717) is 12.1 Å². The van der Waals surface area contributed by atoms with Gasteiger partial charge in [-0.1, -0.05) is 48.5 Å². The number of fused-ring (bicyclic) bond motifs is 1. The molecule has 0 aliphatic carbocycles. The Balaban J connectivity index is 1.59. The molecule has 0 fully saturated rings. The number of carbonyl (C=O) groups is 1. The van der Waals surface area contributed by atoms with Crippen LogP contribution in [0.1, 0.15) is 12.8 Å². The molecule has 3 aromatic rings. The van der Waals surface area contributed by atoms with Crippen LogP contribution in [0.3, 0.4) is 0 Å². The number of hydrogen-bond donors (Lipinski definition) is 1. The topological polar surface area (TPSA) is 66.5 Å². The van der Waals surface area contributed by atoms with Crippen LogP contribution >= 0.6 is 0 Å². The predicted molar refractivity (Wildman–Crippen MR) is 110 cm³/mol. The molecule has 0 spiro atoms. The van der Waals surface area contributed by atoms with E-state index < -0.39 is 10.0 Å². The molecule has 0 aliphatic heterocycles. The lowest BCUT2D eigenvalue weighted by Gasteiger charge is -2.22. The number of benzene rings is 3. The number of carbonyl (C=O) groups excluding carboxylic acids is 1. The van der Waals surface area contributed by atoms with Crippen molar-refractivity contribution >= 4 is 38.1 Å². The van der Waals surface area contributed by atoms with Gasteiger partial charge >= 0.3 is 0 Å². The molecule has 0 aromatic heterocycles. The summed E-state index contributed by atoms with van der Waals surface area (Å²) in [7, 11) is -3.40. The molecule has 3 aromatic carbocycles. The van der Waals surface area contributed by atoms with Crippen LogP contribution in [0.25, 0.3) is 10.8 Å². The molecule has 0 atom stereocenters. The van der Waals surface area contributed by atoms with Gasteiger partial charge in [-0.3, -0.25) is 9.10 Å². The van der Waals surface area contributed by atoms with E-state index in [1.165, 1.54) is 10.6 Å². The summed E-state index contributed by atoms with van der Waals surface area (Å²) in [6.07, 6.45) is 1.85. The fourth-order valence-electron chi connectivity index (χ4n) is 2.95. The van der Waals surface area contributed by atoms with E-state index in [9.17, 15) is 13.2 Å². The van der Waals surface area contributed by atoms with Crippen LogP contribution in [-0.2, 0) is 14.8 Å². The second-order valence-electron chi connectivity index (χ2n) is 6.38. The molecule has 1 amide bonds. The number of para-hydroxylation sites is 1. The van der Waals surface area contributed by atoms with Gasteiger partial charge in [0.25, 0.3) is 0 Å². The molecule has 27 heavy (non-hydrogen) atoms. The van der Waals surface area contributed by atoms with Crippen LogP contribution in [0.2, 0.25) is 0 Å². The minimum absolute atomic E-state index is 0.133. The number of hydrogen-bond acceptors (Lipinski definition) is 3. The quantitative estimate of drug-likeness (QED) is 0.671. The molecule has 0 unspecified atom stereocenters. The Kier molecular flexibility index (Phi) is 5.76. The smallest absolute Gasteiger partial charge is 0.232 e. The van der Waals surface area contributed by atoms with Gasteiger partial charge in [0.2, 0.25) is 15.9 Å². The zero-order valence-corrected chi connectivity index (χ0v) is 15.9. The first-order valence-corrected chi connectivity index (χ1v) is 10.6. The highest BCUT2D eigenvalue weighted by molar-refractivity contribution is 7.92. The van der Waals surface area contributed by atoms with Crippen molar-refractivity contribution < 1.29 is 13.2 Å². The van der Waals surface area contributed by atoms with E-state index in [0.717, 1.165) is 16.5 Å². The first kappa shape index (κ1) is 18.9. The second kappa shape index (κ2) is 8.22. The lowest BCUT2D eigenvalue weighted by atomic mass is 10.1. The third kappa shape index (κ3) is 5.08. The van der Waals surface area contributed by atoms with Crippen LogP contribution in [0, 0.1) is 0 Å². The minimum atomic E-state index is -3.40. The van der Waals surface area contributed by atoms with Crippen LogP contribution in [-0.4, -0.2) is 27.1 Å². The summed E-state index contributed by atoms with van der Waals surface area (Å²) >= 11 is 0. The molecule has 0 saturated carbocycles. The first-order chi connectivity index (χ1) is 12.9. The van der Waals surface area contributed by atoms with Gasteiger partial charge in [-0.25, -0.2) is 8.42 Å². The molecule has 0 aliphatic rings. The maximum atomic E-state index is 12.2. The highest BCUT2D eigenvalue weighted by Crippen LogP contribution is 2.20. The lowest BCUT2D eigenvalue weighted by Crippen LogP contribution is -2.31. The number of anilines is 2. The lowest BCUT2D eigenvalue weighted by molar-refractivity contribution is -0.116. The molecule has 6 heteroatoms. The van der Waals surface area contributed by atoms with Crippen molar-refractivity contribution in [2.24, 2.45) is 0 Å². The summed E-state index contributed by atoms with van der Waals surface area (Å²) in [5, 5.41) is 5.05. The van der Waals surface area contributed by atoms with Crippen molar-refractivity contribution in [2.75, 3.05) is 22.4 Å². The molecule has 140 valence electrons. The second-order valence-corrected chi connectivity index (χ2v) is 8.29. The van der Waals surface area contributed by atoms with E-state index >= 15 is 0 Å². The van der Waals surface area contributed by atoms with Gasteiger partial charge in [0.05, 0.1) is 11.9 Å². The van der Waals surface area contributed by atoms with Gasteiger partial charge in [-0.15, -0.1) is 0 Å². The van der Waals surface area contributed by atoms with Gasteiger partial charge in [0, 0.05) is 18.7 Å². The normalized spacial score (nSPS) is 11.3. The van der Waals surface area contributed by atoms with Gasteiger partial charge in [0.1, 0.15) is 0 Å². The molecular weight excluding hydrogens is 360 g/mol. The molecule has 5 nitrogen and oxygen atoms in total. The van der Waals surface area contributed by atoms with Crippen LogP contribution in [0.5, 0.6) is 0 Å². The Morgan fingerprint density at radius 3 is 2.30 bits per heavy atom. The Hall–Kier alpha value is -2.86. The fourth-order valence-corrected chi connectivity index (χ4v) is 3.92. The maximum absolute atomic E-state index is 12.2. The highest BCUT2D eigenvalue weighted by Gasteiger charge is 2.17. The predicted octanol–water partition coefficient (Wildman–Crippen LogP) is 4.02. The van der Waals surface area contributed by atoms with E-state index in [2.05, 4.69) is 5.32 Å². The summed E-state index contributed by atoms with van der Waals surface area (Å²) in [5.41, 5.74) is 1.34. The third-order valence-corrected chi connectivity index (χ3v) is 5.44. The zero-order chi connectivity index (χ0) is 19.3. The summed E-state index contributed by atoms with van der Waals surface area (Å²) in [5.74, 6) is -0.133. The van der Waals surface area contributed by atoms with Crippen LogP contribution in [0.4, 0.5) is 11.4 Å². The van der Waals surface area contributed by atoms with Crippen molar-refractivity contribution in [3.05, 3.63) is 72.8 Å². The average Bonchev–Trinajstić information content (AvgIpc) is 2.65. The average molecular weight is 382 g/mol. The van der Waals surface area contributed by atoms with Crippen molar-refractivity contribution in [1.29, 1.82) is 0 Å². The van der Waals surface area contributed by atoms with Gasteiger partial charge in [-0.05, 0) is 41.5 Å². The third-order valence-electron chi connectivity index (χ3n) is 4.24. The molecular formula is C21H22N2O3S. The SMILES string of the molecule is CS(=O)(=O)N(CCCC(=O)Nc1ccc2ccccc2c1)c1ccccc1. The molecule has 0 heterocycles. The summed E-state index contributed by atoms with van der Waals surface area (Å²) in [4.78, 5) is 12.2. The van der Waals surface area contributed by atoms with Gasteiger partial charge in [0.15, 0.2) is 0 Å². The Morgan fingerprint density at radius 2 is 1.59 bits per heavy atom. The molecule has 0 bridgehead atoms. The van der Waals surface area contributed by atoms with Crippen LogP contribution in [0.15, 0.2) is 72.8 Å². The summed E-state index contributed by atoms with van der Waals surface area (Å²) < 4.78 is 25.4. The minimum Gasteiger partial charge on any atom is -0.326 e. The van der Waals surface area contributed by atoms with Crippen molar-refractivity contribution in [3.63, 3.8) is 0 Å². The molecule has 1 N–H and O–H groups in total. The number of rotatable bonds is 7. The van der Waals surface area contributed by atoms with Crippen molar-refractivity contribution in [2.45, 2.75) is 12.8 Å². The van der Waals surface area contributed by atoms with Crippen LogP contribution < -0.4 is 9.62 Å². The molecule has 0 radical (unpaired) electrons.